The predicted molar refractivity (Wildman–Crippen MR) is 74.9 cm³/mol. The Labute approximate surface area is 112 Å². The number of nitrogens with zero attached hydrogens (tertiary/aromatic N) is 2. The molecular weight excluding hydrogens is 244 g/mol. The zero-order valence-corrected chi connectivity index (χ0v) is 11.1. The van der Waals surface area contributed by atoms with Crippen LogP contribution in [0.2, 0.25) is 0 Å². The Kier molecular flexibility index (Phi) is 4.38. The van der Waals surface area contributed by atoms with Crippen molar-refractivity contribution in [2.45, 2.75) is 32.2 Å². The minimum atomic E-state index is -0.248. The molecule has 0 radical (unpaired) electrons. The monoisotopic (exact) mass is 264 g/mol. The number of hydrogen-bond acceptors (Lipinski definition) is 6. The minimum absolute atomic E-state index is 0.00602. The van der Waals surface area contributed by atoms with Crippen molar-refractivity contribution in [1.82, 2.24) is 15.3 Å². The van der Waals surface area contributed by atoms with Crippen molar-refractivity contribution in [3.8, 4) is 0 Å². The van der Waals surface area contributed by atoms with Crippen LogP contribution in [-0.4, -0.2) is 35.0 Å². The summed E-state index contributed by atoms with van der Waals surface area (Å²) in [6.45, 7) is 3.63. The first-order valence-electron chi connectivity index (χ1n) is 6.61. The normalized spacial score (nSPS) is 18.8. The van der Waals surface area contributed by atoms with E-state index < -0.39 is 0 Å². The second-order valence-corrected chi connectivity index (χ2v) is 4.55. The summed E-state index contributed by atoms with van der Waals surface area (Å²) in [5.74, 6) is 1.45. The van der Waals surface area contributed by atoms with Crippen LogP contribution in [0, 0.1) is 0 Å². The number of carbonyl (C=O) groups excluding carboxylic acids is 1. The molecule has 1 saturated heterocycles. The van der Waals surface area contributed by atoms with Gasteiger partial charge in [-0.1, -0.05) is 6.92 Å². The first kappa shape index (κ1) is 13.4. The van der Waals surface area contributed by atoms with Crippen LogP contribution in [0.5, 0.6) is 0 Å². The molecule has 1 aromatic heterocycles. The van der Waals surface area contributed by atoms with Crippen molar-refractivity contribution in [3.63, 3.8) is 0 Å². The molecule has 1 fully saturated rings. The van der Waals surface area contributed by atoms with E-state index >= 15 is 0 Å². The quantitative estimate of drug-likeness (QED) is 0.620. The van der Waals surface area contributed by atoms with Gasteiger partial charge in [-0.2, -0.15) is 9.97 Å². The van der Waals surface area contributed by atoms with E-state index in [9.17, 15) is 4.79 Å². The molecule has 1 aromatic rings. The summed E-state index contributed by atoms with van der Waals surface area (Å²) in [5, 5.41) is 9.08. The smallest absolute Gasteiger partial charge is 0.242 e. The van der Waals surface area contributed by atoms with Gasteiger partial charge < -0.3 is 21.7 Å². The van der Waals surface area contributed by atoms with Gasteiger partial charge in [-0.05, 0) is 19.3 Å². The van der Waals surface area contributed by atoms with Crippen LogP contribution < -0.4 is 21.7 Å². The van der Waals surface area contributed by atoms with Gasteiger partial charge in [0.15, 0.2) is 0 Å². The Hall–Kier alpha value is -2.05. The Morgan fingerprint density at radius 1 is 1.47 bits per heavy atom. The van der Waals surface area contributed by atoms with Crippen LogP contribution in [0.15, 0.2) is 6.07 Å². The number of carbonyl (C=O) groups is 1. The molecule has 1 amide bonds. The van der Waals surface area contributed by atoms with E-state index in [-0.39, 0.29) is 17.9 Å². The number of anilines is 3. The van der Waals surface area contributed by atoms with Crippen LogP contribution in [-0.2, 0) is 4.79 Å². The van der Waals surface area contributed by atoms with Crippen molar-refractivity contribution >= 4 is 23.5 Å². The van der Waals surface area contributed by atoms with Crippen LogP contribution in [0.3, 0.4) is 0 Å². The molecule has 0 saturated carbocycles. The van der Waals surface area contributed by atoms with E-state index in [1.807, 2.05) is 0 Å². The van der Waals surface area contributed by atoms with E-state index in [4.69, 9.17) is 5.73 Å². The molecule has 2 rings (SSSR count). The van der Waals surface area contributed by atoms with E-state index in [0.717, 1.165) is 32.4 Å². The van der Waals surface area contributed by atoms with Gasteiger partial charge >= 0.3 is 0 Å². The third-order valence-corrected chi connectivity index (χ3v) is 2.91. The lowest BCUT2D eigenvalue weighted by molar-refractivity contribution is -0.123. The lowest BCUT2D eigenvalue weighted by Gasteiger charge is -2.23. The lowest BCUT2D eigenvalue weighted by atomic mass is 10.1. The summed E-state index contributed by atoms with van der Waals surface area (Å²) in [7, 11) is 0. The summed E-state index contributed by atoms with van der Waals surface area (Å²) in [4.78, 5) is 19.9. The number of hydrogen-bond donors (Lipinski definition) is 4. The molecule has 0 aliphatic carbocycles. The second kappa shape index (κ2) is 6.21. The fourth-order valence-corrected chi connectivity index (χ4v) is 1.97. The van der Waals surface area contributed by atoms with Crippen molar-refractivity contribution in [2.75, 3.05) is 29.5 Å². The summed E-state index contributed by atoms with van der Waals surface area (Å²) >= 11 is 0. The van der Waals surface area contributed by atoms with E-state index in [0.29, 0.717) is 11.6 Å². The highest BCUT2D eigenvalue weighted by atomic mass is 16.2. The number of amides is 1. The van der Waals surface area contributed by atoms with Crippen LogP contribution in [0.4, 0.5) is 17.6 Å². The Morgan fingerprint density at radius 3 is 3.00 bits per heavy atom. The first-order valence-corrected chi connectivity index (χ1v) is 6.61. The van der Waals surface area contributed by atoms with Gasteiger partial charge in [-0.25, -0.2) is 0 Å². The van der Waals surface area contributed by atoms with Crippen LogP contribution in [0.25, 0.3) is 0 Å². The van der Waals surface area contributed by atoms with Gasteiger partial charge in [-0.15, -0.1) is 0 Å². The fraction of sp³-hybridized carbons (Fsp3) is 0.583. The molecule has 0 bridgehead atoms. The van der Waals surface area contributed by atoms with Gasteiger partial charge in [0.2, 0.25) is 11.9 Å². The van der Waals surface area contributed by atoms with E-state index in [1.54, 1.807) is 6.07 Å². The van der Waals surface area contributed by atoms with Gasteiger partial charge in [0.1, 0.15) is 17.7 Å². The maximum Gasteiger partial charge on any atom is 0.242 e. The van der Waals surface area contributed by atoms with E-state index in [2.05, 4.69) is 32.8 Å². The van der Waals surface area contributed by atoms with Gasteiger partial charge in [0.25, 0.3) is 0 Å². The van der Waals surface area contributed by atoms with Crippen molar-refractivity contribution in [2.24, 2.45) is 0 Å². The molecule has 1 aliphatic rings. The molecule has 0 aromatic carbocycles. The number of piperidine rings is 1. The SMILES string of the molecule is CCCNc1cc(NC2CCCNC2=O)nc(N)n1. The molecule has 2 heterocycles. The number of nitrogen functional groups attached to an aromatic ring is 1. The van der Waals surface area contributed by atoms with Gasteiger partial charge in [-0.3, -0.25) is 4.79 Å². The second-order valence-electron chi connectivity index (χ2n) is 4.55. The number of nitrogens with one attached hydrogen (secondary N) is 3. The molecule has 1 unspecified atom stereocenters. The molecule has 1 aliphatic heterocycles. The molecule has 7 heteroatoms. The predicted octanol–water partition coefficient (Wildman–Crippen LogP) is 0.571. The van der Waals surface area contributed by atoms with Crippen LogP contribution >= 0.6 is 0 Å². The molecule has 7 nitrogen and oxygen atoms in total. The fourth-order valence-electron chi connectivity index (χ4n) is 1.97. The largest absolute Gasteiger partial charge is 0.370 e. The third-order valence-electron chi connectivity index (χ3n) is 2.91. The van der Waals surface area contributed by atoms with Crippen molar-refractivity contribution in [3.05, 3.63) is 6.07 Å². The number of aromatic nitrogens is 2. The topological polar surface area (TPSA) is 105 Å². The van der Waals surface area contributed by atoms with Gasteiger partial charge in [0, 0.05) is 19.2 Å². The summed E-state index contributed by atoms with van der Waals surface area (Å²) in [6, 6.07) is 1.52. The standard InChI is InChI=1S/C12H20N6O/c1-2-5-14-9-7-10(18-12(13)17-9)16-8-4-3-6-15-11(8)19/h7-8H,2-6H2,1H3,(H,15,19)(H4,13,14,16,17,18). The molecule has 19 heavy (non-hydrogen) atoms. The van der Waals surface area contributed by atoms with Gasteiger partial charge in [0.05, 0.1) is 0 Å². The zero-order chi connectivity index (χ0) is 13.7. The lowest BCUT2D eigenvalue weighted by Crippen LogP contribution is -2.44. The van der Waals surface area contributed by atoms with Crippen molar-refractivity contribution in [1.29, 1.82) is 0 Å². The first-order chi connectivity index (χ1) is 9.19. The highest BCUT2D eigenvalue weighted by Crippen LogP contribution is 2.16. The molecule has 0 spiro atoms. The zero-order valence-electron chi connectivity index (χ0n) is 11.1. The Morgan fingerprint density at radius 2 is 2.26 bits per heavy atom. The summed E-state index contributed by atoms with van der Waals surface area (Å²) < 4.78 is 0. The molecule has 1 atom stereocenters. The third kappa shape index (κ3) is 3.70. The maximum atomic E-state index is 11.7. The maximum absolute atomic E-state index is 11.7. The minimum Gasteiger partial charge on any atom is -0.370 e. The number of rotatable bonds is 5. The van der Waals surface area contributed by atoms with E-state index in [1.165, 1.54) is 0 Å². The average molecular weight is 264 g/mol. The Balaban J connectivity index is 2.06. The Bertz CT molecular complexity index is 450. The summed E-state index contributed by atoms with van der Waals surface area (Å²) in [5.41, 5.74) is 5.67. The van der Waals surface area contributed by atoms with Crippen molar-refractivity contribution < 1.29 is 4.79 Å². The molecule has 104 valence electrons. The molecule has 5 N–H and O–H groups in total. The summed E-state index contributed by atoms with van der Waals surface area (Å²) in [6.07, 6.45) is 2.76. The highest BCUT2D eigenvalue weighted by molar-refractivity contribution is 5.85. The highest BCUT2D eigenvalue weighted by Gasteiger charge is 2.22. The number of nitrogens with two attached hydrogens (primary N) is 1. The van der Waals surface area contributed by atoms with Crippen LogP contribution in [0.1, 0.15) is 26.2 Å². The molecular formula is C12H20N6O. The average Bonchev–Trinajstić information content (AvgIpc) is 2.38.